The highest BCUT2D eigenvalue weighted by atomic mass is 32.2. The first-order valence-corrected chi connectivity index (χ1v) is 7.56. The highest BCUT2D eigenvalue weighted by molar-refractivity contribution is 7.89. The number of sulfonamides is 1. The second-order valence-electron chi connectivity index (χ2n) is 4.98. The van der Waals surface area contributed by atoms with Crippen molar-refractivity contribution in [2.45, 2.75) is 23.8 Å². The van der Waals surface area contributed by atoms with Crippen molar-refractivity contribution in [1.82, 2.24) is 4.31 Å². The maximum absolute atomic E-state index is 12.4. The van der Waals surface area contributed by atoms with Crippen LogP contribution in [0.1, 0.15) is 12.8 Å². The van der Waals surface area contributed by atoms with Crippen molar-refractivity contribution in [3.8, 4) is 0 Å². The minimum atomic E-state index is -3.41. The van der Waals surface area contributed by atoms with Gasteiger partial charge in [0.1, 0.15) is 4.90 Å². The van der Waals surface area contributed by atoms with Crippen molar-refractivity contribution in [3.63, 3.8) is 0 Å². The van der Waals surface area contributed by atoms with E-state index in [1.54, 1.807) is 19.2 Å². The zero-order chi connectivity index (χ0) is 12.9. The molecular weight excluding hydrogens is 250 g/mol. The molecule has 1 saturated carbocycles. The Balaban J connectivity index is 2.19. The Labute approximate surface area is 107 Å². The van der Waals surface area contributed by atoms with E-state index in [0.717, 1.165) is 25.1 Å². The van der Waals surface area contributed by atoms with Crippen LogP contribution in [0.25, 0.3) is 0 Å². The van der Waals surface area contributed by atoms with E-state index in [4.69, 9.17) is 5.73 Å². The van der Waals surface area contributed by atoms with Gasteiger partial charge in [0.05, 0.1) is 5.69 Å². The molecule has 0 spiro atoms. The number of nitrogen functional groups attached to an aromatic ring is 1. The minimum Gasteiger partial charge on any atom is -0.399 e. The second-order valence-corrected chi connectivity index (χ2v) is 6.99. The van der Waals surface area contributed by atoms with E-state index in [1.807, 2.05) is 6.07 Å². The summed E-state index contributed by atoms with van der Waals surface area (Å²) in [6, 6.07) is 5.67. The normalized spacial score (nSPS) is 23.5. The van der Waals surface area contributed by atoms with Gasteiger partial charge in [-0.2, -0.15) is 4.31 Å². The van der Waals surface area contributed by atoms with Gasteiger partial charge in [0.15, 0.2) is 0 Å². The molecule has 0 atom stereocenters. The highest BCUT2D eigenvalue weighted by Gasteiger charge is 2.36. The van der Waals surface area contributed by atoms with Crippen LogP contribution in [-0.4, -0.2) is 38.9 Å². The molecule has 1 heterocycles. The van der Waals surface area contributed by atoms with Crippen molar-refractivity contribution >= 4 is 21.4 Å². The Bertz CT molecular complexity index is 581. The van der Waals surface area contributed by atoms with E-state index in [9.17, 15) is 8.42 Å². The molecule has 1 aromatic carbocycles. The summed E-state index contributed by atoms with van der Waals surface area (Å²) in [7, 11) is -1.78. The average molecular weight is 267 g/mol. The first-order valence-electron chi connectivity index (χ1n) is 6.12. The molecule has 1 aromatic rings. The number of nitrogens with zero attached hydrogens (tertiary/aromatic N) is 2. The van der Waals surface area contributed by atoms with Crippen molar-refractivity contribution in [1.29, 1.82) is 0 Å². The fourth-order valence-electron chi connectivity index (χ4n) is 2.40. The fraction of sp³-hybridized carbons (Fsp3) is 0.500. The smallest absolute Gasteiger partial charge is 0.245 e. The lowest BCUT2D eigenvalue weighted by Crippen LogP contribution is -2.32. The second kappa shape index (κ2) is 3.86. The number of benzene rings is 1. The minimum absolute atomic E-state index is 0.342. The summed E-state index contributed by atoms with van der Waals surface area (Å²) in [6.07, 6.45) is 2.29. The Morgan fingerprint density at radius 2 is 2.00 bits per heavy atom. The van der Waals surface area contributed by atoms with Crippen LogP contribution in [0.2, 0.25) is 0 Å². The van der Waals surface area contributed by atoms with Crippen LogP contribution >= 0.6 is 0 Å². The van der Waals surface area contributed by atoms with Gasteiger partial charge in [-0.3, -0.25) is 0 Å². The SMILES string of the molecule is CN1CCN(C2CC2)c2ccc(N)cc2S1(=O)=O. The van der Waals surface area contributed by atoms with E-state index < -0.39 is 10.0 Å². The molecule has 1 aliphatic heterocycles. The zero-order valence-corrected chi connectivity index (χ0v) is 11.2. The van der Waals surface area contributed by atoms with Gasteiger partial charge in [0.2, 0.25) is 10.0 Å². The molecule has 0 aromatic heterocycles. The predicted octanol–water partition coefficient (Wildman–Crippen LogP) is 0.872. The van der Waals surface area contributed by atoms with E-state index in [-0.39, 0.29) is 0 Å². The van der Waals surface area contributed by atoms with Gasteiger partial charge in [-0.25, -0.2) is 8.42 Å². The molecule has 3 rings (SSSR count). The first-order chi connectivity index (χ1) is 8.50. The average Bonchev–Trinajstić information content (AvgIpc) is 3.14. The Morgan fingerprint density at radius 3 is 2.67 bits per heavy atom. The van der Waals surface area contributed by atoms with Crippen molar-refractivity contribution in [2.75, 3.05) is 30.8 Å². The van der Waals surface area contributed by atoms with E-state index >= 15 is 0 Å². The Hall–Kier alpha value is -1.27. The molecule has 2 aliphatic rings. The third-order valence-electron chi connectivity index (χ3n) is 3.62. The summed E-state index contributed by atoms with van der Waals surface area (Å²) >= 11 is 0. The van der Waals surface area contributed by atoms with Gasteiger partial charge in [-0.05, 0) is 31.0 Å². The van der Waals surface area contributed by atoms with E-state index in [2.05, 4.69) is 4.90 Å². The molecule has 18 heavy (non-hydrogen) atoms. The van der Waals surface area contributed by atoms with Crippen LogP contribution < -0.4 is 10.6 Å². The molecule has 0 unspecified atom stereocenters. The highest BCUT2D eigenvalue weighted by Crippen LogP contribution is 2.38. The molecule has 0 radical (unpaired) electrons. The van der Waals surface area contributed by atoms with Crippen molar-refractivity contribution in [2.24, 2.45) is 0 Å². The lowest BCUT2D eigenvalue weighted by molar-refractivity contribution is 0.478. The maximum atomic E-state index is 12.4. The van der Waals surface area contributed by atoms with Crippen molar-refractivity contribution < 1.29 is 8.42 Å². The number of nitrogens with two attached hydrogens (primary N) is 1. The third kappa shape index (κ3) is 1.76. The molecular formula is C12H17N3O2S. The maximum Gasteiger partial charge on any atom is 0.245 e. The van der Waals surface area contributed by atoms with Gasteiger partial charge >= 0.3 is 0 Å². The van der Waals surface area contributed by atoms with Crippen LogP contribution in [-0.2, 0) is 10.0 Å². The zero-order valence-electron chi connectivity index (χ0n) is 10.3. The van der Waals surface area contributed by atoms with E-state index in [0.29, 0.717) is 23.2 Å². The van der Waals surface area contributed by atoms with Gasteiger partial charge in [0, 0.05) is 31.9 Å². The molecule has 1 fully saturated rings. The number of anilines is 2. The fourth-order valence-corrected chi connectivity index (χ4v) is 3.79. The summed E-state index contributed by atoms with van der Waals surface area (Å²) in [5.74, 6) is 0. The largest absolute Gasteiger partial charge is 0.399 e. The monoisotopic (exact) mass is 267 g/mol. The number of hydrogen-bond acceptors (Lipinski definition) is 4. The molecule has 98 valence electrons. The number of hydrogen-bond donors (Lipinski definition) is 1. The van der Waals surface area contributed by atoms with Gasteiger partial charge in [-0.15, -0.1) is 0 Å². The van der Waals surface area contributed by atoms with Crippen LogP contribution in [0, 0.1) is 0 Å². The van der Waals surface area contributed by atoms with Crippen LogP contribution in [0.15, 0.2) is 23.1 Å². The molecule has 1 aliphatic carbocycles. The number of rotatable bonds is 1. The van der Waals surface area contributed by atoms with E-state index in [1.165, 1.54) is 4.31 Å². The predicted molar refractivity (Wildman–Crippen MR) is 71.0 cm³/mol. The van der Waals surface area contributed by atoms with Crippen LogP contribution in [0.3, 0.4) is 0 Å². The summed E-state index contributed by atoms with van der Waals surface area (Å²) in [5, 5.41) is 0. The standard InChI is InChI=1S/C12H17N3O2S/c1-14-6-7-15(10-3-4-10)11-5-2-9(13)8-12(11)18(14,16)17/h2,5,8,10H,3-4,6-7,13H2,1H3. The van der Waals surface area contributed by atoms with Crippen LogP contribution in [0.5, 0.6) is 0 Å². The summed E-state index contributed by atoms with van der Waals surface area (Å²) < 4.78 is 26.2. The quantitative estimate of drug-likeness (QED) is 0.767. The lowest BCUT2D eigenvalue weighted by atomic mass is 10.2. The first kappa shape index (κ1) is 11.8. The van der Waals surface area contributed by atoms with Crippen LogP contribution in [0.4, 0.5) is 11.4 Å². The molecule has 0 bridgehead atoms. The van der Waals surface area contributed by atoms with Crippen molar-refractivity contribution in [3.05, 3.63) is 18.2 Å². The summed E-state index contributed by atoms with van der Waals surface area (Å²) in [5.41, 5.74) is 7.03. The van der Waals surface area contributed by atoms with Gasteiger partial charge in [-0.1, -0.05) is 0 Å². The summed E-state index contributed by atoms with van der Waals surface area (Å²) in [6.45, 7) is 1.27. The van der Waals surface area contributed by atoms with Gasteiger partial charge < -0.3 is 10.6 Å². The molecule has 5 nitrogen and oxygen atoms in total. The van der Waals surface area contributed by atoms with Gasteiger partial charge in [0.25, 0.3) is 0 Å². The molecule has 0 saturated heterocycles. The molecule has 2 N–H and O–H groups in total. The lowest BCUT2D eigenvalue weighted by Gasteiger charge is -2.23. The topological polar surface area (TPSA) is 66.6 Å². The Kier molecular flexibility index (Phi) is 2.53. The molecule has 0 amide bonds. The third-order valence-corrected chi connectivity index (χ3v) is 5.51. The molecule has 6 heteroatoms. The number of likely N-dealkylation sites (N-methyl/N-ethyl adjacent to an activating group) is 1. The summed E-state index contributed by atoms with van der Waals surface area (Å²) in [4.78, 5) is 2.55. The Morgan fingerprint density at radius 1 is 1.28 bits per heavy atom. The number of fused-ring (bicyclic) bond motifs is 1.